The van der Waals surface area contributed by atoms with Gasteiger partial charge in [-0.25, -0.2) is 4.98 Å². The molecule has 4 heterocycles. The topological polar surface area (TPSA) is 93.2 Å². The van der Waals surface area contributed by atoms with Crippen LogP contribution in [0.25, 0.3) is 11.2 Å². The molecule has 1 unspecified atom stereocenters. The van der Waals surface area contributed by atoms with Gasteiger partial charge in [0.15, 0.2) is 11.5 Å². The molecule has 1 atom stereocenters. The number of rotatable bonds is 6. The normalized spacial score (nSPS) is 20.8. The van der Waals surface area contributed by atoms with Gasteiger partial charge in [-0.1, -0.05) is 30.3 Å². The van der Waals surface area contributed by atoms with Crippen LogP contribution < -0.4 is 10.2 Å². The molecule has 2 fully saturated rings. The molecule has 0 bridgehead atoms. The second-order valence-corrected chi connectivity index (χ2v) is 8.33. The highest BCUT2D eigenvalue weighted by molar-refractivity contribution is 5.84. The van der Waals surface area contributed by atoms with Gasteiger partial charge in [0.2, 0.25) is 5.95 Å². The summed E-state index contributed by atoms with van der Waals surface area (Å²) >= 11 is 0. The molecule has 30 heavy (non-hydrogen) atoms. The first-order valence-corrected chi connectivity index (χ1v) is 10.9. The van der Waals surface area contributed by atoms with Crippen molar-refractivity contribution in [2.75, 3.05) is 36.5 Å². The Balaban J connectivity index is 1.28. The monoisotopic (exact) mass is 407 g/mol. The molecule has 0 amide bonds. The molecule has 3 N–H and O–H groups in total. The summed E-state index contributed by atoms with van der Waals surface area (Å²) in [5.74, 6) is 1.48. The van der Waals surface area contributed by atoms with E-state index >= 15 is 0 Å². The number of hydrogen-bond donors (Lipinski definition) is 3. The standard InChI is InChI=1S/C22H29N7O/c30-14-18-7-4-10-29(18)22-26-20-19(23-15-24-20)21(27-22)25-17-8-11-28(12-9-17)13-16-5-2-1-3-6-16/h1-3,5-6,15,17-18,30H,4,7-14H2,(H2,23,24,25,26,27). The number of aromatic amines is 1. The minimum absolute atomic E-state index is 0.0930. The van der Waals surface area contributed by atoms with Crippen LogP contribution in [0.4, 0.5) is 11.8 Å². The largest absolute Gasteiger partial charge is 0.394 e. The van der Waals surface area contributed by atoms with E-state index < -0.39 is 0 Å². The summed E-state index contributed by atoms with van der Waals surface area (Å²) in [6.07, 6.45) is 5.84. The fraction of sp³-hybridized carbons (Fsp3) is 0.500. The number of aliphatic hydroxyl groups excluding tert-OH is 1. The quantitative estimate of drug-likeness (QED) is 0.578. The van der Waals surface area contributed by atoms with Crippen molar-refractivity contribution in [2.24, 2.45) is 0 Å². The van der Waals surface area contributed by atoms with Crippen LogP contribution in [0, 0.1) is 0 Å². The first-order chi connectivity index (χ1) is 14.8. The van der Waals surface area contributed by atoms with Gasteiger partial charge in [0, 0.05) is 32.2 Å². The van der Waals surface area contributed by atoms with Gasteiger partial charge >= 0.3 is 0 Å². The van der Waals surface area contributed by atoms with Gasteiger partial charge < -0.3 is 20.3 Å². The average molecular weight is 408 g/mol. The van der Waals surface area contributed by atoms with Crippen LogP contribution in [0.1, 0.15) is 31.2 Å². The number of likely N-dealkylation sites (tertiary alicyclic amines) is 1. The molecule has 0 spiro atoms. The zero-order valence-corrected chi connectivity index (χ0v) is 17.2. The predicted octanol–water partition coefficient (Wildman–Crippen LogP) is 2.39. The van der Waals surface area contributed by atoms with Crippen molar-refractivity contribution in [1.29, 1.82) is 0 Å². The van der Waals surface area contributed by atoms with Gasteiger partial charge in [0.05, 0.1) is 19.0 Å². The molecule has 0 aliphatic carbocycles. The molecule has 8 heteroatoms. The van der Waals surface area contributed by atoms with Gasteiger partial charge in [-0.2, -0.15) is 9.97 Å². The molecule has 158 valence electrons. The number of nitrogens with one attached hydrogen (secondary N) is 2. The van der Waals surface area contributed by atoms with Crippen LogP contribution in [0.15, 0.2) is 36.7 Å². The molecule has 1 aromatic carbocycles. The number of piperidine rings is 1. The Morgan fingerprint density at radius 2 is 1.90 bits per heavy atom. The Hall–Kier alpha value is -2.71. The van der Waals surface area contributed by atoms with E-state index in [9.17, 15) is 5.11 Å². The predicted molar refractivity (Wildman–Crippen MR) is 118 cm³/mol. The second-order valence-electron chi connectivity index (χ2n) is 8.33. The average Bonchev–Trinajstić information content (AvgIpc) is 3.45. The van der Waals surface area contributed by atoms with E-state index in [4.69, 9.17) is 4.98 Å². The summed E-state index contributed by atoms with van der Waals surface area (Å²) in [7, 11) is 0. The number of fused-ring (bicyclic) bond motifs is 1. The molecule has 8 nitrogen and oxygen atoms in total. The van der Waals surface area contributed by atoms with Crippen molar-refractivity contribution in [3.63, 3.8) is 0 Å². The number of imidazole rings is 1. The third-order valence-electron chi connectivity index (χ3n) is 6.30. The van der Waals surface area contributed by atoms with E-state index in [0.29, 0.717) is 17.6 Å². The van der Waals surface area contributed by atoms with Crippen molar-refractivity contribution >= 4 is 22.9 Å². The maximum atomic E-state index is 9.69. The van der Waals surface area contributed by atoms with Gasteiger partial charge in [0.1, 0.15) is 5.52 Å². The highest BCUT2D eigenvalue weighted by atomic mass is 16.3. The number of nitrogens with zero attached hydrogens (tertiary/aromatic N) is 5. The van der Waals surface area contributed by atoms with Crippen LogP contribution in [-0.4, -0.2) is 68.3 Å². The molecular weight excluding hydrogens is 378 g/mol. The summed E-state index contributed by atoms with van der Waals surface area (Å²) in [6.45, 7) is 4.14. The van der Waals surface area contributed by atoms with Crippen LogP contribution in [0.5, 0.6) is 0 Å². The lowest BCUT2D eigenvalue weighted by Crippen LogP contribution is -2.39. The highest BCUT2D eigenvalue weighted by Gasteiger charge is 2.28. The van der Waals surface area contributed by atoms with Crippen molar-refractivity contribution in [3.8, 4) is 0 Å². The zero-order valence-electron chi connectivity index (χ0n) is 17.2. The molecule has 2 aromatic heterocycles. The number of hydrogen-bond acceptors (Lipinski definition) is 7. The van der Waals surface area contributed by atoms with Crippen molar-refractivity contribution in [3.05, 3.63) is 42.2 Å². The fourth-order valence-corrected chi connectivity index (χ4v) is 4.61. The molecule has 3 aromatic rings. The van der Waals surface area contributed by atoms with Gasteiger partial charge in [-0.15, -0.1) is 0 Å². The van der Waals surface area contributed by atoms with E-state index in [1.807, 2.05) is 0 Å². The Labute approximate surface area is 176 Å². The number of aliphatic hydroxyl groups is 1. The lowest BCUT2D eigenvalue weighted by Gasteiger charge is -2.33. The van der Waals surface area contributed by atoms with E-state index in [1.165, 1.54) is 5.56 Å². The van der Waals surface area contributed by atoms with Crippen molar-refractivity contribution in [2.45, 2.75) is 44.3 Å². The third kappa shape index (κ3) is 3.97. The van der Waals surface area contributed by atoms with Crippen LogP contribution >= 0.6 is 0 Å². The lowest BCUT2D eigenvalue weighted by atomic mass is 10.0. The zero-order chi connectivity index (χ0) is 20.3. The van der Waals surface area contributed by atoms with E-state index in [-0.39, 0.29) is 12.6 Å². The molecule has 0 saturated carbocycles. The Kier molecular flexibility index (Phi) is 5.50. The van der Waals surface area contributed by atoms with Crippen LogP contribution in [-0.2, 0) is 6.54 Å². The maximum absolute atomic E-state index is 9.69. The Morgan fingerprint density at radius 1 is 1.07 bits per heavy atom. The number of benzene rings is 1. The van der Waals surface area contributed by atoms with Gasteiger partial charge in [-0.05, 0) is 31.2 Å². The van der Waals surface area contributed by atoms with E-state index in [0.717, 1.165) is 63.2 Å². The minimum atomic E-state index is 0.0930. The molecular formula is C22H29N7O. The minimum Gasteiger partial charge on any atom is -0.394 e. The number of H-pyrrole nitrogens is 1. The van der Waals surface area contributed by atoms with Gasteiger partial charge in [0.25, 0.3) is 0 Å². The van der Waals surface area contributed by atoms with Crippen LogP contribution in [0.3, 0.4) is 0 Å². The molecule has 2 saturated heterocycles. The SMILES string of the molecule is OCC1CCCN1c1nc(NC2CCN(Cc3ccccc3)CC2)c2[nH]cnc2n1. The summed E-state index contributed by atoms with van der Waals surface area (Å²) in [5.41, 5.74) is 2.89. The lowest BCUT2D eigenvalue weighted by molar-refractivity contribution is 0.211. The van der Waals surface area contributed by atoms with Crippen molar-refractivity contribution in [1.82, 2.24) is 24.8 Å². The van der Waals surface area contributed by atoms with Crippen molar-refractivity contribution < 1.29 is 5.11 Å². The smallest absolute Gasteiger partial charge is 0.229 e. The molecule has 2 aliphatic rings. The maximum Gasteiger partial charge on any atom is 0.229 e. The second kappa shape index (κ2) is 8.57. The molecule has 0 radical (unpaired) electrons. The summed E-state index contributed by atoms with van der Waals surface area (Å²) in [6, 6.07) is 11.1. The fourth-order valence-electron chi connectivity index (χ4n) is 4.61. The summed E-state index contributed by atoms with van der Waals surface area (Å²) < 4.78 is 0. The van der Waals surface area contributed by atoms with Crippen LogP contribution in [0.2, 0.25) is 0 Å². The molecule has 5 rings (SSSR count). The Morgan fingerprint density at radius 3 is 2.70 bits per heavy atom. The van der Waals surface area contributed by atoms with Gasteiger partial charge in [-0.3, -0.25) is 4.90 Å². The van der Waals surface area contributed by atoms with E-state index in [1.54, 1.807) is 6.33 Å². The third-order valence-corrected chi connectivity index (χ3v) is 6.30. The molecule has 2 aliphatic heterocycles. The highest BCUT2D eigenvalue weighted by Crippen LogP contribution is 2.28. The van der Waals surface area contributed by atoms with E-state index in [2.05, 4.69) is 60.4 Å². The first kappa shape index (κ1) is 19.3. The summed E-state index contributed by atoms with van der Waals surface area (Å²) in [4.78, 5) is 21.7. The number of aromatic nitrogens is 4. The summed E-state index contributed by atoms with van der Waals surface area (Å²) in [5, 5.41) is 13.3. The number of anilines is 2. The Bertz CT molecular complexity index is 968. The first-order valence-electron chi connectivity index (χ1n) is 10.9.